The largest absolute Gasteiger partial charge is 0.312 e. The molecule has 0 spiro atoms. The van der Waals surface area contributed by atoms with Gasteiger partial charge < -0.3 is 5.32 Å². The van der Waals surface area contributed by atoms with E-state index in [1.807, 2.05) is 30.3 Å². The van der Waals surface area contributed by atoms with Gasteiger partial charge in [0, 0.05) is 16.6 Å². The molecular formula is C15H15Cl2N. The Bertz CT molecular complexity index is 497. The first-order valence-corrected chi connectivity index (χ1v) is 6.70. The van der Waals surface area contributed by atoms with Gasteiger partial charge in [0.05, 0.1) is 0 Å². The molecule has 0 unspecified atom stereocenters. The van der Waals surface area contributed by atoms with Gasteiger partial charge in [-0.15, -0.1) is 0 Å². The maximum Gasteiger partial charge on any atom is 0.0453 e. The Hall–Kier alpha value is -1.02. The van der Waals surface area contributed by atoms with Crippen LogP contribution in [0.3, 0.4) is 0 Å². The van der Waals surface area contributed by atoms with E-state index >= 15 is 0 Å². The number of hydrogen-bond acceptors (Lipinski definition) is 1. The molecule has 0 saturated carbocycles. The van der Waals surface area contributed by atoms with Crippen molar-refractivity contribution in [2.45, 2.75) is 13.0 Å². The predicted octanol–water partition coefficient (Wildman–Crippen LogP) is 4.33. The van der Waals surface area contributed by atoms with Crippen LogP contribution in [0.4, 0.5) is 0 Å². The zero-order chi connectivity index (χ0) is 12.8. The molecule has 0 fully saturated rings. The van der Waals surface area contributed by atoms with Gasteiger partial charge in [0.1, 0.15) is 0 Å². The molecule has 0 radical (unpaired) electrons. The fourth-order valence-corrected chi connectivity index (χ4v) is 2.28. The second-order valence-corrected chi connectivity index (χ2v) is 4.99. The van der Waals surface area contributed by atoms with E-state index in [2.05, 4.69) is 17.4 Å². The molecule has 0 bridgehead atoms. The Kier molecular flexibility index (Phi) is 5.06. The highest BCUT2D eigenvalue weighted by molar-refractivity contribution is 6.35. The van der Waals surface area contributed by atoms with Crippen molar-refractivity contribution in [3.8, 4) is 0 Å². The van der Waals surface area contributed by atoms with Gasteiger partial charge >= 0.3 is 0 Å². The second-order valence-electron chi connectivity index (χ2n) is 4.15. The van der Waals surface area contributed by atoms with E-state index in [-0.39, 0.29) is 0 Å². The number of halogens is 2. The molecule has 0 aliphatic rings. The highest BCUT2D eigenvalue weighted by Gasteiger charge is 2.00. The van der Waals surface area contributed by atoms with Gasteiger partial charge in [0.25, 0.3) is 0 Å². The number of benzene rings is 2. The van der Waals surface area contributed by atoms with Gasteiger partial charge in [-0.1, -0.05) is 59.6 Å². The van der Waals surface area contributed by atoms with Crippen LogP contribution in [0.25, 0.3) is 0 Å². The molecule has 0 aliphatic heterocycles. The second kappa shape index (κ2) is 6.79. The van der Waals surface area contributed by atoms with Crippen molar-refractivity contribution >= 4 is 23.2 Å². The van der Waals surface area contributed by atoms with Crippen LogP contribution < -0.4 is 5.32 Å². The minimum absolute atomic E-state index is 0.681. The van der Waals surface area contributed by atoms with Crippen LogP contribution in [0.2, 0.25) is 10.0 Å². The highest BCUT2D eigenvalue weighted by atomic mass is 35.5. The van der Waals surface area contributed by atoms with Gasteiger partial charge in [0.2, 0.25) is 0 Å². The third-order valence-corrected chi connectivity index (χ3v) is 3.35. The Balaban J connectivity index is 1.79. The van der Waals surface area contributed by atoms with Gasteiger partial charge in [-0.05, 0) is 36.2 Å². The zero-order valence-corrected chi connectivity index (χ0v) is 11.5. The fourth-order valence-electron chi connectivity index (χ4n) is 1.78. The van der Waals surface area contributed by atoms with Crippen LogP contribution in [0.15, 0.2) is 48.5 Å². The van der Waals surface area contributed by atoms with Crippen molar-refractivity contribution in [1.29, 1.82) is 0 Å². The molecule has 3 heteroatoms. The van der Waals surface area contributed by atoms with E-state index in [4.69, 9.17) is 23.2 Å². The van der Waals surface area contributed by atoms with Crippen molar-refractivity contribution < 1.29 is 0 Å². The van der Waals surface area contributed by atoms with Crippen molar-refractivity contribution in [2.75, 3.05) is 6.54 Å². The lowest BCUT2D eigenvalue weighted by Gasteiger charge is -2.07. The summed E-state index contributed by atoms with van der Waals surface area (Å²) in [6.45, 7) is 1.78. The van der Waals surface area contributed by atoms with Crippen molar-refractivity contribution in [2.24, 2.45) is 0 Å². The molecule has 18 heavy (non-hydrogen) atoms. The van der Waals surface area contributed by atoms with Crippen LogP contribution in [0, 0.1) is 0 Å². The third-order valence-electron chi connectivity index (χ3n) is 2.76. The SMILES string of the molecule is Clc1ccc(CCNCc2ccccc2)c(Cl)c1. The number of nitrogens with one attached hydrogen (secondary N) is 1. The van der Waals surface area contributed by atoms with E-state index in [0.29, 0.717) is 5.02 Å². The van der Waals surface area contributed by atoms with Crippen molar-refractivity contribution in [3.63, 3.8) is 0 Å². The van der Waals surface area contributed by atoms with Gasteiger partial charge in [-0.2, -0.15) is 0 Å². The van der Waals surface area contributed by atoms with E-state index in [1.54, 1.807) is 6.07 Å². The summed E-state index contributed by atoms with van der Waals surface area (Å²) in [6.07, 6.45) is 0.906. The summed E-state index contributed by atoms with van der Waals surface area (Å²) in [5.74, 6) is 0. The molecule has 0 aliphatic carbocycles. The normalized spacial score (nSPS) is 10.6. The summed E-state index contributed by atoms with van der Waals surface area (Å²) in [5.41, 5.74) is 2.42. The molecule has 0 heterocycles. The lowest BCUT2D eigenvalue weighted by atomic mass is 10.1. The molecule has 94 valence electrons. The van der Waals surface area contributed by atoms with Gasteiger partial charge in [-0.3, -0.25) is 0 Å². The summed E-state index contributed by atoms with van der Waals surface area (Å²) >= 11 is 12.0. The minimum Gasteiger partial charge on any atom is -0.312 e. The third kappa shape index (κ3) is 4.02. The summed E-state index contributed by atoms with van der Waals surface area (Å²) in [4.78, 5) is 0. The molecule has 2 rings (SSSR count). The maximum absolute atomic E-state index is 6.11. The smallest absolute Gasteiger partial charge is 0.0453 e. The lowest BCUT2D eigenvalue weighted by Crippen LogP contribution is -2.16. The standard InChI is InChI=1S/C15H15Cl2N/c16-14-7-6-13(15(17)10-14)8-9-18-11-12-4-2-1-3-5-12/h1-7,10,18H,8-9,11H2. The zero-order valence-electron chi connectivity index (χ0n) is 10.00. The predicted molar refractivity (Wildman–Crippen MR) is 78.3 cm³/mol. The van der Waals surface area contributed by atoms with Crippen LogP contribution in [-0.4, -0.2) is 6.54 Å². The lowest BCUT2D eigenvalue weighted by molar-refractivity contribution is 0.687. The molecule has 1 N–H and O–H groups in total. The quantitative estimate of drug-likeness (QED) is 0.804. The van der Waals surface area contributed by atoms with Crippen LogP contribution in [-0.2, 0) is 13.0 Å². The van der Waals surface area contributed by atoms with Gasteiger partial charge in [-0.25, -0.2) is 0 Å². The summed E-state index contributed by atoms with van der Waals surface area (Å²) in [7, 11) is 0. The fraction of sp³-hybridized carbons (Fsp3) is 0.200. The minimum atomic E-state index is 0.681. The topological polar surface area (TPSA) is 12.0 Å². The van der Waals surface area contributed by atoms with Crippen LogP contribution in [0.1, 0.15) is 11.1 Å². The first-order valence-electron chi connectivity index (χ1n) is 5.94. The molecule has 2 aromatic carbocycles. The summed E-state index contributed by atoms with van der Waals surface area (Å²) < 4.78 is 0. The molecule has 0 amide bonds. The number of hydrogen-bond donors (Lipinski definition) is 1. The van der Waals surface area contributed by atoms with E-state index in [1.165, 1.54) is 5.56 Å². The van der Waals surface area contributed by atoms with E-state index in [9.17, 15) is 0 Å². The average Bonchev–Trinajstić information content (AvgIpc) is 2.38. The molecule has 0 saturated heterocycles. The van der Waals surface area contributed by atoms with Gasteiger partial charge in [0.15, 0.2) is 0 Å². The van der Waals surface area contributed by atoms with Crippen molar-refractivity contribution in [3.05, 3.63) is 69.7 Å². The van der Waals surface area contributed by atoms with Crippen molar-refractivity contribution in [1.82, 2.24) is 5.32 Å². The molecule has 0 aromatic heterocycles. The summed E-state index contributed by atoms with van der Waals surface area (Å²) in [5, 5.41) is 4.82. The summed E-state index contributed by atoms with van der Waals surface area (Å²) in [6, 6.07) is 16.0. The Morgan fingerprint density at radius 1 is 0.944 bits per heavy atom. The molecule has 2 aromatic rings. The van der Waals surface area contributed by atoms with Crippen LogP contribution >= 0.6 is 23.2 Å². The monoisotopic (exact) mass is 279 g/mol. The maximum atomic E-state index is 6.11. The first kappa shape index (κ1) is 13.4. The first-order chi connectivity index (χ1) is 8.75. The Morgan fingerprint density at radius 2 is 1.72 bits per heavy atom. The van der Waals surface area contributed by atoms with E-state index in [0.717, 1.165) is 30.1 Å². The van der Waals surface area contributed by atoms with E-state index < -0.39 is 0 Å². The average molecular weight is 280 g/mol. The van der Waals surface area contributed by atoms with Crippen LogP contribution in [0.5, 0.6) is 0 Å². The molecule has 0 atom stereocenters. The highest BCUT2D eigenvalue weighted by Crippen LogP contribution is 2.21. The number of rotatable bonds is 5. The Labute approximate surface area is 118 Å². The molecular weight excluding hydrogens is 265 g/mol. The molecule has 1 nitrogen and oxygen atoms in total. The Morgan fingerprint density at radius 3 is 2.44 bits per heavy atom.